The Balaban J connectivity index is 2.35. The molecule has 0 radical (unpaired) electrons. The minimum Gasteiger partial charge on any atom is -0.497 e. The largest absolute Gasteiger partial charge is 0.497 e. The number of hydrogen-bond donors (Lipinski definition) is 2. The van der Waals surface area contributed by atoms with Crippen LogP contribution in [0.25, 0.3) is 0 Å². The number of methoxy groups -OCH3 is 3. The van der Waals surface area contributed by atoms with Crippen molar-refractivity contribution in [2.75, 3.05) is 45.1 Å². The number of carbonyl (C=O) groups excluding carboxylic acids is 2. The zero-order valence-electron chi connectivity index (χ0n) is 18.5. The molecule has 2 rings (SSSR count). The Morgan fingerprint density at radius 3 is 2.32 bits per heavy atom. The fraction of sp³-hybridized carbons (Fsp3) is 0.381. The molecule has 1 aromatic carbocycles. The van der Waals surface area contributed by atoms with E-state index >= 15 is 0 Å². The zero-order chi connectivity index (χ0) is 23.1. The third-order valence-corrected chi connectivity index (χ3v) is 6.06. The van der Waals surface area contributed by atoms with Crippen molar-refractivity contribution in [3.8, 4) is 11.5 Å². The van der Waals surface area contributed by atoms with Crippen molar-refractivity contribution in [3.63, 3.8) is 0 Å². The molecular formula is C21H27N3O5S2. The van der Waals surface area contributed by atoms with Crippen molar-refractivity contribution in [2.24, 2.45) is 0 Å². The second-order valence-corrected chi connectivity index (χ2v) is 7.80. The molecule has 0 aliphatic carbocycles. The fourth-order valence-electron chi connectivity index (χ4n) is 2.97. The van der Waals surface area contributed by atoms with Gasteiger partial charge >= 0.3 is 5.97 Å². The standard InChI is InChI=1S/C21H27N3O5S2/c1-7-24(8-2)19(25)17-12(3)16(20(26)29-6)18(31-17)23-21(30)22-14-10-9-13(27-4)11-15(14)28-5/h9-11H,7-8H2,1-6H3,(H2,22,23,30). The predicted molar refractivity (Wildman–Crippen MR) is 127 cm³/mol. The van der Waals surface area contributed by atoms with Gasteiger partial charge in [-0.25, -0.2) is 4.79 Å². The maximum Gasteiger partial charge on any atom is 0.341 e. The Bertz CT molecular complexity index is 970. The number of nitrogens with zero attached hydrogens (tertiary/aromatic N) is 1. The minimum atomic E-state index is -0.542. The number of thiocarbonyl (C=S) groups is 1. The van der Waals surface area contributed by atoms with Crippen LogP contribution in [0.3, 0.4) is 0 Å². The number of esters is 1. The molecule has 2 aromatic rings. The first-order valence-electron chi connectivity index (χ1n) is 9.62. The van der Waals surface area contributed by atoms with Crippen LogP contribution in [0.5, 0.6) is 11.5 Å². The molecule has 0 saturated carbocycles. The van der Waals surface area contributed by atoms with Gasteiger partial charge < -0.3 is 29.7 Å². The van der Waals surface area contributed by atoms with Crippen molar-refractivity contribution in [3.05, 3.63) is 34.2 Å². The molecule has 1 aromatic heterocycles. The van der Waals surface area contributed by atoms with Gasteiger partial charge in [-0.3, -0.25) is 4.79 Å². The van der Waals surface area contributed by atoms with E-state index in [0.29, 0.717) is 45.7 Å². The summed E-state index contributed by atoms with van der Waals surface area (Å²) < 4.78 is 15.5. The lowest BCUT2D eigenvalue weighted by Crippen LogP contribution is -2.30. The summed E-state index contributed by atoms with van der Waals surface area (Å²) in [5, 5.41) is 6.74. The Labute approximate surface area is 191 Å². The highest BCUT2D eigenvalue weighted by Crippen LogP contribution is 2.35. The van der Waals surface area contributed by atoms with Gasteiger partial charge in [0.2, 0.25) is 0 Å². The number of ether oxygens (including phenoxy) is 3. The minimum absolute atomic E-state index is 0.138. The van der Waals surface area contributed by atoms with Crippen molar-refractivity contribution in [1.29, 1.82) is 0 Å². The van der Waals surface area contributed by atoms with Crippen LogP contribution in [0, 0.1) is 6.92 Å². The van der Waals surface area contributed by atoms with E-state index in [1.54, 1.807) is 44.2 Å². The molecule has 2 N–H and O–H groups in total. The molecule has 0 saturated heterocycles. The van der Waals surface area contributed by atoms with E-state index in [2.05, 4.69) is 10.6 Å². The second-order valence-electron chi connectivity index (χ2n) is 6.37. The van der Waals surface area contributed by atoms with Gasteiger partial charge in [-0.1, -0.05) is 0 Å². The van der Waals surface area contributed by atoms with Crippen LogP contribution in [0.15, 0.2) is 18.2 Å². The van der Waals surface area contributed by atoms with Crippen molar-refractivity contribution in [1.82, 2.24) is 4.90 Å². The van der Waals surface area contributed by atoms with Gasteiger partial charge in [-0.15, -0.1) is 11.3 Å². The topological polar surface area (TPSA) is 89.1 Å². The van der Waals surface area contributed by atoms with E-state index in [1.807, 2.05) is 13.8 Å². The molecule has 1 heterocycles. The normalized spacial score (nSPS) is 10.3. The lowest BCUT2D eigenvalue weighted by Gasteiger charge is -2.18. The Kier molecular flexibility index (Phi) is 8.64. The SMILES string of the molecule is CCN(CC)C(=O)c1sc(NC(=S)Nc2ccc(OC)cc2OC)c(C(=O)OC)c1C. The summed E-state index contributed by atoms with van der Waals surface area (Å²) in [7, 11) is 4.41. The van der Waals surface area contributed by atoms with Crippen LogP contribution in [0.2, 0.25) is 0 Å². The fourth-order valence-corrected chi connectivity index (χ4v) is 4.41. The third-order valence-electron chi connectivity index (χ3n) is 4.67. The Morgan fingerprint density at radius 2 is 1.77 bits per heavy atom. The van der Waals surface area contributed by atoms with Gasteiger partial charge in [-0.2, -0.15) is 0 Å². The van der Waals surface area contributed by atoms with Crippen LogP contribution >= 0.6 is 23.6 Å². The first-order chi connectivity index (χ1) is 14.8. The summed E-state index contributed by atoms with van der Waals surface area (Å²) in [6, 6.07) is 5.26. The highest BCUT2D eigenvalue weighted by atomic mass is 32.1. The van der Waals surface area contributed by atoms with Crippen LogP contribution in [0.4, 0.5) is 10.7 Å². The molecule has 1 amide bonds. The van der Waals surface area contributed by atoms with E-state index in [0.717, 1.165) is 0 Å². The van der Waals surface area contributed by atoms with Gasteiger partial charge in [0.1, 0.15) is 16.5 Å². The first kappa shape index (κ1) is 24.4. The number of carbonyl (C=O) groups is 2. The van der Waals surface area contributed by atoms with Gasteiger partial charge in [0.05, 0.1) is 37.5 Å². The zero-order valence-corrected chi connectivity index (χ0v) is 20.1. The van der Waals surface area contributed by atoms with Gasteiger partial charge in [0.25, 0.3) is 5.91 Å². The first-order valence-corrected chi connectivity index (χ1v) is 10.8. The van der Waals surface area contributed by atoms with E-state index < -0.39 is 5.97 Å². The highest BCUT2D eigenvalue weighted by molar-refractivity contribution is 7.80. The maximum absolute atomic E-state index is 12.9. The molecule has 31 heavy (non-hydrogen) atoms. The molecule has 8 nitrogen and oxygen atoms in total. The predicted octanol–water partition coefficient (Wildman–Crippen LogP) is 4.15. The Hall–Kier alpha value is -2.85. The van der Waals surface area contributed by atoms with Crippen LogP contribution in [-0.2, 0) is 4.74 Å². The van der Waals surface area contributed by atoms with E-state index in [9.17, 15) is 9.59 Å². The lowest BCUT2D eigenvalue weighted by atomic mass is 10.1. The van der Waals surface area contributed by atoms with Crippen molar-refractivity contribution < 1.29 is 23.8 Å². The molecule has 0 atom stereocenters. The van der Waals surface area contributed by atoms with E-state index in [-0.39, 0.29) is 16.6 Å². The molecule has 10 heteroatoms. The average Bonchev–Trinajstić information content (AvgIpc) is 3.09. The molecule has 168 valence electrons. The molecule has 0 unspecified atom stereocenters. The molecule has 0 bridgehead atoms. The number of anilines is 2. The van der Waals surface area contributed by atoms with E-state index in [4.69, 9.17) is 26.4 Å². The number of amides is 1. The second kappa shape index (κ2) is 11.0. The molecule has 0 spiro atoms. The summed E-state index contributed by atoms with van der Waals surface area (Å²) in [5.74, 6) is 0.500. The number of rotatable bonds is 8. The number of hydrogen-bond acceptors (Lipinski definition) is 7. The number of benzene rings is 1. The Morgan fingerprint density at radius 1 is 1.10 bits per heavy atom. The van der Waals surface area contributed by atoms with Gasteiger partial charge in [-0.05, 0) is 50.7 Å². The van der Waals surface area contributed by atoms with Gasteiger partial charge in [0.15, 0.2) is 5.11 Å². The quantitative estimate of drug-likeness (QED) is 0.444. The maximum atomic E-state index is 12.9. The highest BCUT2D eigenvalue weighted by Gasteiger charge is 2.27. The molecule has 0 fully saturated rings. The summed E-state index contributed by atoms with van der Waals surface area (Å²) in [6.45, 7) is 6.69. The number of thiophene rings is 1. The summed E-state index contributed by atoms with van der Waals surface area (Å²) in [4.78, 5) is 27.5. The average molecular weight is 466 g/mol. The van der Waals surface area contributed by atoms with Crippen molar-refractivity contribution >= 4 is 51.2 Å². The molecule has 0 aliphatic rings. The molecular weight excluding hydrogens is 438 g/mol. The van der Waals surface area contributed by atoms with Crippen LogP contribution in [0.1, 0.15) is 39.4 Å². The lowest BCUT2D eigenvalue weighted by molar-refractivity contribution is 0.0601. The smallest absolute Gasteiger partial charge is 0.341 e. The summed E-state index contributed by atoms with van der Waals surface area (Å²) in [5.41, 5.74) is 1.46. The van der Waals surface area contributed by atoms with Crippen molar-refractivity contribution in [2.45, 2.75) is 20.8 Å². The summed E-state index contributed by atoms with van der Waals surface area (Å²) in [6.07, 6.45) is 0. The summed E-state index contributed by atoms with van der Waals surface area (Å²) >= 11 is 6.60. The van der Waals surface area contributed by atoms with Crippen LogP contribution in [-0.4, -0.2) is 56.3 Å². The molecule has 0 aliphatic heterocycles. The van der Waals surface area contributed by atoms with Gasteiger partial charge in [0, 0.05) is 19.2 Å². The van der Waals surface area contributed by atoms with Crippen LogP contribution < -0.4 is 20.1 Å². The third kappa shape index (κ3) is 5.45. The number of nitrogens with one attached hydrogen (secondary N) is 2. The van der Waals surface area contributed by atoms with E-state index in [1.165, 1.54) is 18.4 Å². The monoisotopic (exact) mass is 465 g/mol.